The Kier molecular flexibility index (Phi) is 4.04. The van der Waals surface area contributed by atoms with Gasteiger partial charge in [0.15, 0.2) is 5.13 Å². The maximum Gasteiger partial charge on any atom is 0.275 e. The maximum atomic E-state index is 12.5. The highest BCUT2D eigenvalue weighted by molar-refractivity contribution is 7.22. The smallest absolute Gasteiger partial charge is 0.275 e. The van der Waals surface area contributed by atoms with Gasteiger partial charge in [0, 0.05) is 6.04 Å². The van der Waals surface area contributed by atoms with Gasteiger partial charge in [-0.05, 0) is 39.0 Å². The Morgan fingerprint density at radius 2 is 2.17 bits per heavy atom. The van der Waals surface area contributed by atoms with E-state index < -0.39 is 0 Å². The number of carbonyl (C=O) groups is 1. The number of ether oxygens (including phenoxy) is 1. The van der Waals surface area contributed by atoms with Crippen molar-refractivity contribution in [3.05, 3.63) is 35.7 Å². The fraction of sp³-hybridized carbons (Fsp3) is 0.312. The summed E-state index contributed by atoms with van der Waals surface area (Å²) in [5.74, 6) is 0.486. The highest BCUT2D eigenvalue weighted by atomic mass is 32.1. The minimum absolute atomic E-state index is 0.111. The van der Waals surface area contributed by atoms with Crippen LogP contribution in [-0.2, 0) is 0 Å². The van der Waals surface area contributed by atoms with Gasteiger partial charge >= 0.3 is 0 Å². The van der Waals surface area contributed by atoms with Crippen molar-refractivity contribution in [1.29, 1.82) is 0 Å². The Hall–Kier alpha value is -2.41. The van der Waals surface area contributed by atoms with E-state index in [2.05, 4.69) is 15.4 Å². The van der Waals surface area contributed by atoms with E-state index in [0.29, 0.717) is 16.6 Å². The number of para-hydroxylation sites is 1. The fourth-order valence-corrected chi connectivity index (χ4v) is 3.26. The summed E-state index contributed by atoms with van der Waals surface area (Å²) in [5.41, 5.74) is 2.10. The van der Waals surface area contributed by atoms with Crippen LogP contribution >= 0.6 is 11.3 Å². The molecule has 1 N–H and O–H groups in total. The van der Waals surface area contributed by atoms with Crippen LogP contribution in [0.4, 0.5) is 5.13 Å². The molecule has 0 aliphatic rings. The second kappa shape index (κ2) is 6.00. The molecule has 0 fully saturated rings. The average molecular weight is 330 g/mol. The number of anilines is 1. The van der Waals surface area contributed by atoms with E-state index in [1.807, 2.05) is 39.0 Å². The van der Waals surface area contributed by atoms with Crippen LogP contribution in [0, 0.1) is 6.92 Å². The number of benzene rings is 1. The molecule has 0 radical (unpaired) electrons. The van der Waals surface area contributed by atoms with Crippen LogP contribution in [0.3, 0.4) is 0 Å². The summed E-state index contributed by atoms with van der Waals surface area (Å²) < 4.78 is 7.99. The van der Waals surface area contributed by atoms with E-state index in [0.717, 1.165) is 15.9 Å². The lowest BCUT2D eigenvalue weighted by molar-refractivity contribution is 0.101. The molecular weight excluding hydrogens is 312 g/mol. The first kappa shape index (κ1) is 15.5. The predicted octanol–water partition coefficient (Wildman–Crippen LogP) is 3.64. The van der Waals surface area contributed by atoms with Crippen molar-refractivity contribution in [2.24, 2.45) is 0 Å². The minimum atomic E-state index is -0.211. The summed E-state index contributed by atoms with van der Waals surface area (Å²) in [6.45, 7) is 5.86. The molecule has 2 aromatic heterocycles. The second-order valence-electron chi connectivity index (χ2n) is 5.49. The summed E-state index contributed by atoms with van der Waals surface area (Å²) in [7, 11) is 1.61. The van der Waals surface area contributed by atoms with Gasteiger partial charge in [0.25, 0.3) is 5.91 Å². The monoisotopic (exact) mass is 330 g/mol. The average Bonchev–Trinajstić information content (AvgIpc) is 3.09. The summed E-state index contributed by atoms with van der Waals surface area (Å²) in [4.78, 5) is 17.0. The molecule has 1 aromatic carbocycles. The molecule has 23 heavy (non-hydrogen) atoms. The van der Waals surface area contributed by atoms with Crippen molar-refractivity contribution in [3.63, 3.8) is 0 Å². The van der Waals surface area contributed by atoms with Crippen LogP contribution in [-0.4, -0.2) is 27.8 Å². The highest BCUT2D eigenvalue weighted by Crippen LogP contribution is 2.32. The van der Waals surface area contributed by atoms with Crippen LogP contribution in [0.1, 0.15) is 36.1 Å². The Morgan fingerprint density at radius 1 is 1.39 bits per heavy atom. The molecule has 6 nitrogen and oxygen atoms in total. The van der Waals surface area contributed by atoms with Gasteiger partial charge in [-0.3, -0.25) is 14.8 Å². The quantitative estimate of drug-likeness (QED) is 0.793. The van der Waals surface area contributed by atoms with E-state index in [9.17, 15) is 4.79 Å². The molecule has 120 valence electrons. The van der Waals surface area contributed by atoms with Gasteiger partial charge in [-0.1, -0.05) is 17.4 Å². The molecule has 0 atom stereocenters. The Balaban J connectivity index is 1.92. The maximum absolute atomic E-state index is 12.5. The number of fused-ring (bicyclic) bond motifs is 1. The number of nitrogens with zero attached hydrogens (tertiary/aromatic N) is 3. The van der Waals surface area contributed by atoms with Gasteiger partial charge in [-0.2, -0.15) is 5.10 Å². The third-order valence-electron chi connectivity index (χ3n) is 3.40. The number of rotatable bonds is 4. The van der Waals surface area contributed by atoms with Gasteiger partial charge < -0.3 is 4.74 Å². The molecule has 7 heteroatoms. The van der Waals surface area contributed by atoms with Crippen molar-refractivity contribution < 1.29 is 9.53 Å². The number of amides is 1. The van der Waals surface area contributed by atoms with Crippen LogP contribution in [0.25, 0.3) is 10.2 Å². The molecule has 2 heterocycles. The van der Waals surface area contributed by atoms with E-state index in [1.54, 1.807) is 17.9 Å². The highest BCUT2D eigenvalue weighted by Gasteiger charge is 2.18. The zero-order valence-electron chi connectivity index (χ0n) is 13.5. The second-order valence-corrected chi connectivity index (χ2v) is 6.52. The molecule has 0 spiro atoms. The van der Waals surface area contributed by atoms with Gasteiger partial charge in [-0.25, -0.2) is 4.98 Å². The fourth-order valence-electron chi connectivity index (χ4n) is 2.38. The Bertz CT molecular complexity index is 866. The van der Waals surface area contributed by atoms with Gasteiger partial charge in [0.2, 0.25) is 0 Å². The zero-order valence-corrected chi connectivity index (χ0v) is 14.3. The summed E-state index contributed by atoms with van der Waals surface area (Å²) in [5, 5.41) is 7.77. The van der Waals surface area contributed by atoms with Crippen LogP contribution in [0.5, 0.6) is 5.75 Å². The lowest BCUT2D eigenvalue weighted by Gasteiger charge is -2.09. The number of aryl methyl sites for hydroxylation is 1. The lowest BCUT2D eigenvalue weighted by atomic mass is 10.3. The van der Waals surface area contributed by atoms with Gasteiger partial charge in [-0.15, -0.1) is 0 Å². The largest absolute Gasteiger partial charge is 0.494 e. The van der Waals surface area contributed by atoms with Crippen molar-refractivity contribution >= 4 is 32.6 Å². The number of hydrogen-bond donors (Lipinski definition) is 1. The van der Waals surface area contributed by atoms with Crippen molar-refractivity contribution in [2.45, 2.75) is 26.8 Å². The first-order valence-electron chi connectivity index (χ1n) is 7.30. The third-order valence-corrected chi connectivity index (χ3v) is 4.34. The number of thiazole rings is 1. The molecular formula is C16H18N4O2S. The van der Waals surface area contributed by atoms with Gasteiger partial charge in [0.1, 0.15) is 17.0 Å². The SMILES string of the molecule is COc1cccc2sc(NC(=O)c3cc(C)nn3C(C)C)nc12. The zero-order chi connectivity index (χ0) is 16.6. The number of nitrogens with one attached hydrogen (secondary N) is 1. The summed E-state index contributed by atoms with van der Waals surface area (Å²) in [6.07, 6.45) is 0. The number of hydrogen-bond acceptors (Lipinski definition) is 5. The predicted molar refractivity (Wildman–Crippen MR) is 91.5 cm³/mol. The number of aromatic nitrogens is 3. The van der Waals surface area contributed by atoms with Crippen LogP contribution in [0.15, 0.2) is 24.3 Å². The molecule has 3 rings (SSSR count). The summed E-state index contributed by atoms with van der Waals surface area (Å²) >= 11 is 1.42. The molecule has 3 aromatic rings. The minimum Gasteiger partial charge on any atom is -0.494 e. The normalized spacial score (nSPS) is 11.2. The molecule has 1 amide bonds. The number of carbonyl (C=O) groups excluding carboxylic acids is 1. The van der Waals surface area contributed by atoms with Crippen LogP contribution in [0.2, 0.25) is 0 Å². The number of methoxy groups -OCH3 is 1. The molecule has 0 aliphatic heterocycles. The van der Waals surface area contributed by atoms with Crippen molar-refractivity contribution in [3.8, 4) is 5.75 Å². The standard InChI is InChI=1S/C16H18N4O2S/c1-9(2)20-11(8-10(3)19-20)15(21)18-16-17-14-12(22-4)6-5-7-13(14)23-16/h5-9H,1-4H3,(H,17,18,21). The molecule has 0 unspecified atom stereocenters. The van der Waals surface area contributed by atoms with Crippen molar-refractivity contribution in [1.82, 2.24) is 14.8 Å². The Morgan fingerprint density at radius 3 is 2.87 bits per heavy atom. The summed E-state index contributed by atoms with van der Waals surface area (Å²) in [6, 6.07) is 7.60. The lowest BCUT2D eigenvalue weighted by Crippen LogP contribution is -2.18. The first-order valence-corrected chi connectivity index (χ1v) is 8.12. The third kappa shape index (κ3) is 2.92. The molecule has 0 saturated heterocycles. The van der Waals surface area contributed by atoms with Gasteiger partial charge in [0.05, 0.1) is 17.5 Å². The van der Waals surface area contributed by atoms with E-state index in [1.165, 1.54) is 11.3 Å². The topological polar surface area (TPSA) is 69.0 Å². The Labute approximate surface area is 138 Å². The van der Waals surface area contributed by atoms with Crippen LogP contribution < -0.4 is 10.1 Å². The molecule has 0 bridgehead atoms. The first-order chi connectivity index (χ1) is 11.0. The van der Waals surface area contributed by atoms with Crippen molar-refractivity contribution in [2.75, 3.05) is 12.4 Å². The molecule has 0 saturated carbocycles. The van der Waals surface area contributed by atoms with E-state index in [-0.39, 0.29) is 11.9 Å². The molecule has 0 aliphatic carbocycles. The van der Waals surface area contributed by atoms with E-state index >= 15 is 0 Å². The van der Waals surface area contributed by atoms with E-state index in [4.69, 9.17) is 4.74 Å².